The van der Waals surface area contributed by atoms with Gasteiger partial charge in [0.2, 0.25) is 0 Å². The maximum absolute atomic E-state index is 13.4. The normalized spacial score (nSPS) is 15.8. The van der Waals surface area contributed by atoms with Gasteiger partial charge < -0.3 is 24.0 Å². The van der Waals surface area contributed by atoms with E-state index in [4.69, 9.17) is 9.72 Å². The predicted octanol–water partition coefficient (Wildman–Crippen LogP) is 5.56. The summed E-state index contributed by atoms with van der Waals surface area (Å²) in [5, 5.41) is 0. The molecule has 2 aliphatic rings. The number of para-hydroxylation sites is 2. The van der Waals surface area contributed by atoms with E-state index in [-0.39, 0.29) is 12.0 Å². The van der Waals surface area contributed by atoms with Crippen molar-refractivity contribution in [2.24, 2.45) is 7.05 Å². The van der Waals surface area contributed by atoms with Crippen molar-refractivity contribution in [2.45, 2.75) is 39.3 Å². The van der Waals surface area contributed by atoms with Gasteiger partial charge in [-0.25, -0.2) is 9.78 Å². The molecule has 1 saturated heterocycles. The summed E-state index contributed by atoms with van der Waals surface area (Å²) in [5.41, 5.74) is 5.06. The maximum Gasteiger partial charge on any atom is 0.410 e. The van der Waals surface area contributed by atoms with E-state index in [2.05, 4.69) is 52.9 Å². The Balaban J connectivity index is 1.13. The third-order valence-corrected chi connectivity index (χ3v) is 8.78. The molecule has 0 atom stereocenters. The molecule has 0 bridgehead atoms. The van der Waals surface area contributed by atoms with Crippen LogP contribution in [0.2, 0.25) is 0 Å². The number of ether oxygens (including phenoxy) is 1. The fourth-order valence-corrected chi connectivity index (χ4v) is 6.61. The fraction of sp³-hybridized carbons (Fsp3) is 0.387. The largest absolute Gasteiger partial charge is 0.444 e. The van der Waals surface area contributed by atoms with Crippen LogP contribution in [0.1, 0.15) is 40.9 Å². The number of fused-ring (bicyclic) bond motifs is 2. The van der Waals surface area contributed by atoms with Gasteiger partial charge in [-0.3, -0.25) is 4.79 Å². The van der Waals surface area contributed by atoms with E-state index in [9.17, 15) is 9.59 Å². The summed E-state index contributed by atoms with van der Waals surface area (Å²) in [6, 6.07) is 18.9. The van der Waals surface area contributed by atoms with Crippen LogP contribution in [0.4, 0.5) is 10.5 Å². The van der Waals surface area contributed by atoms with Gasteiger partial charge in [0.05, 0.1) is 15.9 Å². The molecule has 4 aromatic rings. The lowest BCUT2D eigenvalue weighted by atomic mass is 10.1. The van der Waals surface area contributed by atoms with Gasteiger partial charge in [0, 0.05) is 62.4 Å². The number of carbonyl (C=O) groups excluding carboxylic acids is 2. The SMILES string of the molecule is Cn1c(-c2cccc(N3CCc4sc(C(=O)N5CCN(C(=O)OC(C)(C)C)CC5)cc4C3)c2)nc2ccccc21. The topological polar surface area (TPSA) is 70.9 Å². The second-order valence-corrected chi connectivity index (χ2v) is 12.7. The minimum atomic E-state index is -0.526. The van der Waals surface area contributed by atoms with Gasteiger partial charge in [0.25, 0.3) is 5.91 Å². The van der Waals surface area contributed by atoms with Crippen LogP contribution in [-0.2, 0) is 24.8 Å². The molecule has 208 valence electrons. The van der Waals surface area contributed by atoms with Crippen LogP contribution >= 0.6 is 11.3 Å². The molecule has 0 radical (unpaired) electrons. The molecule has 0 unspecified atom stereocenters. The minimum Gasteiger partial charge on any atom is -0.444 e. The summed E-state index contributed by atoms with van der Waals surface area (Å²) >= 11 is 1.62. The number of imidazole rings is 1. The van der Waals surface area contributed by atoms with Crippen molar-refractivity contribution in [3.05, 3.63) is 69.9 Å². The first kappa shape index (κ1) is 26.4. The first-order valence-electron chi connectivity index (χ1n) is 13.8. The quantitative estimate of drug-likeness (QED) is 0.330. The number of carbonyl (C=O) groups is 2. The number of rotatable bonds is 3. The van der Waals surface area contributed by atoms with Crippen LogP contribution in [0.25, 0.3) is 22.4 Å². The number of anilines is 1. The molecule has 9 heteroatoms. The number of piperazine rings is 1. The van der Waals surface area contributed by atoms with Crippen molar-refractivity contribution in [1.29, 1.82) is 0 Å². The van der Waals surface area contributed by atoms with Gasteiger partial charge in [-0.2, -0.15) is 0 Å². The van der Waals surface area contributed by atoms with E-state index < -0.39 is 5.60 Å². The Morgan fingerprint density at radius 2 is 1.68 bits per heavy atom. The Labute approximate surface area is 238 Å². The molecule has 0 aliphatic carbocycles. The van der Waals surface area contributed by atoms with Crippen LogP contribution < -0.4 is 4.90 Å². The highest BCUT2D eigenvalue weighted by atomic mass is 32.1. The summed E-state index contributed by atoms with van der Waals surface area (Å²) in [6.45, 7) is 9.28. The molecule has 2 amide bonds. The molecular weight excluding hydrogens is 522 g/mol. The van der Waals surface area contributed by atoms with Gasteiger partial charge in [0.15, 0.2) is 0 Å². The van der Waals surface area contributed by atoms with E-state index >= 15 is 0 Å². The number of benzene rings is 2. The van der Waals surface area contributed by atoms with Crippen LogP contribution in [-0.4, -0.2) is 69.7 Å². The Kier molecular flexibility index (Phi) is 6.78. The molecular formula is C31H35N5O3S. The summed E-state index contributed by atoms with van der Waals surface area (Å²) in [7, 11) is 2.06. The predicted molar refractivity (Wildman–Crippen MR) is 159 cm³/mol. The molecule has 2 aromatic heterocycles. The van der Waals surface area contributed by atoms with E-state index in [1.807, 2.05) is 43.9 Å². The first-order chi connectivity index (χ1) is 19.2. The third kappa shape index (κ3) is 5.18. The molecule has 0 saturated carbocycles. The van der Waals surface area contributed by atoms with Gasteiger partial charge in [-0.15, -0.1) is 11.3 Å². The standard InChI is InChI=1S/C31H35N5O3S/c1-31(2,3)39-30(38)35-16-14-34(15-17-35)29(37)27-19-22-20-36(13-12-26(22)40-27)23-9-7-8-21(18-23)28-32-24-10-5-6-11-25(24)33(28)4/h5-11,18-19H,12-17,20H2,1-4H3. The highest BCUT2D eigenvalue weighted by molar-refractivity contribution is 7.14. The second kappa shape index (κ2) is 10.3. The summed E-state index contributed by atoms with van der Waals surface area (Å²) in [4.78, 5) is 38.6. The van der Waals surface area contributed by atoms with E-state index in [1.54, 1.807) is 16.2 Å². The molecule has 6 rings (SSSR count). The average Bonchev–Trinajstić information content (AvgIpc) is 3.53. The zero-order valence-electron chi connectivity index (χ0n) is 23.5. The third-order valence-electron chi connectivity index (χ3n) is 7.55. The molecule has 8 nitrogen and oxygen atoms in total. The van der Waals surface area contributed by atoms with Crippen LogP contribution in [0.3, 0.4) is 0 Å². The zero-order chi connectivity index (χ0) is 28.0. The molecule has 2 aliphatic heterocycles. The van der Waals surface area contributed by atoms with Crippen LogP contribution in [0.15, 0.2) is 54.6 Å². The Morgan fingerprint density at radius 1 is 0.925 bits per heavy atom. The van der Waals surface area contributed by atoms with Crippen molar-refractivity contribution in [3.8, 4) is 11.4 Å². The van der Waals surface area contributed by atoms with Crippen molar-refractivity contribution in [2.75, 3.05) is 37.6 Å². The lowest BCUT2D eigenvalue weighted by Gasteiger charge is -2.35. The summed E-state index contributed by atoms with van der Waals surface area (Å²) < 4.78 is 7.63. The van der Waals surface area contributed by atoms with Gasteiger partial charge in [-0.05, 0) is 63.1 Å². The number of nitrogens with zero attached hydrogens (tertiary/aromatic N) is 5. The lowest BCUT2D eigenvalue weighted by molar-refractivity contribution is 0.0141. The Morgan fingerprint density at radius 3 is 2.42 bits per heavy atom. The summed E-state index contributed by atoms with van der Waals surface area (Å²) in [5.74, 6) is 1.01. The van der Waals surface area contributed by atoms with E-state index in [1.165, 1.54) is 10.4 Å². The molecule has 1 fully saturated rings. The van der Waals surface area contributed by atoms with Crippen LogP contribution in [0, 0.1) is 0 Å². The van der Waals surface area contributed by atoms with Crippen molar-refractivity contribution in [1.82, 2.24) is 19.4 Å². The number of amides is 2. The highest BCUT2D eigenvalue weighted by Crippen LogP contribution is 2.33. The van der Waals surface area contributed by atoms with Gasteiger partial charge in [-0.1, -0.05) is 24.3 Å². The van der Waals surface area contributed by atoms with Gasteiger partial charge >= 0.3 is 6.09 Å². The summed E-state index contributed by atoms with van der Waals surface area (Å²) in [6.07, 6.45) is 0.600. The smallest absolute Gasteiger partial charge is 0.410 e. The lowest BCUT2D eigenvalue weighted by Crippen LogP contribution is -2.51. The monoisotopic (exact) mass is 557 g/mol. The molecule has 0 spiro atoms. The van der Waals surface area contributed by atoms with Crippen molar-refractivity contribution in [3.63, 3.8) is 0 Å². The number of thiophene rings is 1. The van der Waals surface area contributed by atoms with Gasteiger partial charge in [0.1, 0.15) is 11.4 Å². The van der Waals surface area contributed by atoms with E-state index in [0.29, 0.717) is 26.2 Å². The number of aryl methyl sites for hydroxylation is 1. The highest BCUT2D eigenvalue weighted by Gasteiger charge is 2.30. The molecule has 4 heterocycles. The number of hydrogen-bond acceptors (Lipinski definition) is 6. The molecule has 40 heavy (non-hydrogen) atoms. The zero-order valence-corrected chi connectivity index (χ0v) is 24.3. The average molecular weight is 558 g/mol. The maximum atomic E-state index is 13.4. The second-order valence-electron chi connectivity index (χ2n) is 11.5. The number of hydrogen-bond donors (Lipinski definition) is 0. The first-order valence-corrected chi connectivity index (χ1v) is 14.6. The van der Waals surface area contributed by atoms with Crippen molar-refractivity contribution >= 4 is 40.1 Å². The molecule has 2 aromatic carbocycles. The minimum absolute atomic E-state index is 0.0543. The van der Waals surface area contributed by atoms with Crippen LogP contribution in [0.5, 0.6) is 0 Å². The fourth-order valence-electron chi connectivity index (χ4n) is 5.48. The number of aromatic nitrogens is 2. The van der Waals surface area contributed by atoms with E-state index in [0.717, 1.165) is 52.5 Å². The Hall–Kier alpha value is -3.85. The Bertz CT molecular complexity index is 1580. The molecule has 0 N–H and O–H groups in total. The van der Waals surface area contributed by atoms with Crippen molar-refractivity contribution < 1.29 is 14.3 Å².